The number of hydrogen-bond acceptors (Lipinski definition) is 3. The molecule has 1 aromatic rings. The fraction of sp³-hybridized carbons (Fsp3) is 0.417. The van der Waals surface area contributed by atoms with Crippen molar-refractivity contribution >= 4 is 11.9 Å². The van der Waals surface area contributed by atoms with E-state index >= 15 is 0 Å². The summed E-state index contributed by atoms with van der Waals surface area (Å²) in [4.78, 5) is 28.4. The van der Waals surface area contributed by atoms with E-state index in [-0.39, 0.29) is 18.4 Å². The maximum Gasteiger partial charge on any atom is 0.305 e. The molecule has 1 amide bonds. The van der Waals surface area contributed by atoms with Gasteiger partial charge >= 0.3 is 5.97 Å². The summed E-state index contributed by atoms with van der Waals surface area (Å²) in [6.07, 6.45) is 4.79. The van der Waals surface area contributed by atoms with Crippen LogP contribution in [0.3, 0.4) is 0 Å². The van der Waals surface area contributed by atoms with Crippen LogP contribution in [0.25, 0.3) is 0 Å². The number of aliphatic carboxylic acids is 1. The molecule has 2 heterocycles. The maximum absolute atomic E-state index is 12.1. The smallest absolute Gasteiger partial charge is 0.305 e. The zero-order chi connectivity index (χ0) is 12.3. The Bertz CT molecular complexity index is 419. The molecule has 0 saturated carbocycles. The fourth-order valence-corrected chi connectivity index (χ4v) is 2.18. The van der Waals surface area contributed by atoms with Crippen molar-refractivity contribution < 1.29 is 14.7 Å². The summed E-state index contributed by atoms with van der Waals surface area (Å²) in [5.74, 6) is -0.958. The first-order chi connectivity index (χ1) is 8.18. The molecule has 17 heavy (non-hydrogen) atoms. The zero-order valence-electron chi connectivity index (χ0n) is 9.37. The van der Waals surface area contributed by atoms with Crippen molar-refractivity contribution in [2.45, 2.75) is 25.3 Å². The quantitative estimate of drug-likeness (QED) is 0.852. The lowest BCUT2D eigenvalue weighted by molar-refractivity contribution is -0.137. The molecule has 5 heteroatoms. The van der Waals surface area contributed by atoms with Gasteiger partial charge in [-0.2, -0.15) is 0 Å². The van der Waals surface area contributed by atoms with E-state index < -0.39 is 5.97 Å². The largest absolute Gasteiger partial charge is 0.481 e. The van der Waals surface area contributed by atoms with Crippen LogP contribution < -0.4 is 0 Å². The molecular weight excluding hydrogens is 220 g/mol. The Labute approximate surface area is 99.1 Å². The van der Waals surface area contributed by atoms with Crippen molar-refractivity contribution in [3.63, 3.8) is 0 Å². The van der Waals surface area contributed by atoms with Gasteiger partial charge in [0.15, 0.2) is 0 Å². The summed E-state index contributed by atoms with van der Waals surface area (Å²) in [5.41, 5.74) is 0.567. The molecule has 0 aromatic carbocycles. The van der Waals surface area contributed by atoms with Crippen molar-refractivity contribution in [3.8, 4) is 0 Å². The second-order valence-corrected chi connectivity index (χ2v) is 4.13. The molecule has 1 aliphatic heterocycles. The van der Waals surface area contributed by atoms with E-state index in [1.54, 1.807) is 29.4 Å². The van der Waals surface area contributed by atoms with Crippen LogP contribution in [0, 0.1) is 0 Å². The minimum absolute atomic E-state index is 0.0246. The number of carboxylic acids is 1. The molecule has 5 nitrogen and oxygen atoms in total. The Morgan fingerprint density at radius 3 is 2.76 bits per heavy atom. The van der Waals surface area contributed by atoms with Crippen LogP contribution in [0.15, 0.2) is 24.5 Å². The maximum atomic E-state index is 12.1. The number of carboxylic acid groups (broad SMARTS) is 1. The minimum atomic E-state index is -0.857. The van der Waals surface area contributed by atoms with Gasteiger partial charge in [0.25, 0.3) is 5.91 Å². The van der Waals surface area contributed by atoms with Crippen LogP contribution in [0.5, 0.6) is 0 Å². The van der Waals surface area contributed by atoms with Crippen LogP contribution in [-0.4, -0.2) is 39.5 Å². The van der Waals surface area contributed by atoms with E-state index in [1.807, 2.05) is 0 Å². The Kier molecular flexibility index (Phi) is 3.37. The van der Waals surface area contributed by atoms with Gasteiger partial charge < -0.3 is 10.0 Å². The number of carbonyl (C=O) groups excluding carboxylic acids is 1. The second-order valence-electron chi connectivity index (χ2n) is 4.13. The van der Waals surface area contributed by atoms with E-state index in [0.717, 1.165) is 12.8 Å². The van der Waals surface area contributed by atoms with Crippen LogP contribution in [0.1, 0.15) is 29.6 Å². The molecule has 0 spiro atoms. The highest BCUT2D eigenvalue weighted by atomic mass is 16.4. The van der Waals surface area contributed by atoms with Crippen molar-refractivity contribution in [2.24, 2.45) is 0 Å². The number of aromatic nitrogens is 1. The number of rotatable bonds is 3. The average molecular weight is 234 g/mol. The van der Waals surface area contributed by atoms with Crippen LogP contribution >= 0.6 is 0 Å². The Balaban J connectivity index is 2.11. The molecule has 90 valence electrons. The summed E-state index contributed by atoms with van der Waals surface area (Å²) in [7, 11) is 0. The second kappa shape index (κ2) is 4.95. The van der Waals surface area contributed by atoms with E-state index in [1.165, 1.54) is 0 Å². The summed E-state index contributed by atoms with van der Waals surface area (Å²) in [6, 6.07) is 3.13. The summed E-state index contributed by atoms with van der Waals surface area (Å²) in [5, 5.41) is 8.80. The van der Waals surface area contributed by atoms with Gasteiger partial charge in [-0.1, -0.05) is 0 Å². The molecular formula is C12H14N2O3. The zero-order valence-corrected chi connectivity index (χ0v) is 9.37. The Morgan fingerprint density at radius 2 is 2.12 bits per heavy atom. The molecule has 0 bridgehead atoms. The highest BCUT2D eigenvalue weighted by Crippen LogP contribution is 2.22. The molecule has 1 N–H and O–H groups in total. The predicted molar refractivity (Wildman–Crippen MR) is 60.5 cm³/mol. The number of carbonyl (C=O) groups is 2. The van der Waals surface area contributed by atoms with E-state index in [0.29, 0.717) is 12.1 Å². The topological polar surface area (TPSA) is 70.5 Å². The SMILES string of the molecule is O=C(O)CC1CCCN1C(=O)c1ccncc1. The number of amides is 1. The molecule has 2 rings (SSSR count). The molecule has 1 atom stereocenters. The first-order valence-electron chi connectivity index (χ1n) is 5.61. The third-order valence-corrected chi connectivity index (χ3v) is 2.98. The van der Waals surface area contributed by atoms with Crippen LogP contribution in [-0.2, 0) is 4.79 Å². The molecule has 1 saturated heterocycles. The first kappa shape index (κ1) is 11.6. The van der Waals surface area contributed by atoms with Crippen molar-refractivity contribution in [2.75, 3.05) is 6.54 Å². The lowest BCUT2D eigenvalue weighted by Gasteiger charge is -2.23. The monoisotopic (exact) mass is 234 g/mol. The number of nitrogens with zero attached hydrogens (tertiary/aromatic N) is 2. The lowest BCUT2D eigenvalue weighted by atomic mass is 10.1. The third kappa shape index (κ3) is 2.61. The number of hydrogen-bond donors (Lipinski definition) is 1. The van der Waals surface area contributed by atoms with Gasteiger partial charge in [-0.3, -0.25) is 14.6 Å². The van der Waals surface area contributed by atoms with Crippen LogP contribution in [0.2, 0.25) is 0 Å². The highest BCUT2D eigenvalue weighted by Gasteiger charge is 2.30. The summed E-state index contributed by atoms with van der Waals surface area (Å²) in [6.45, 7) is 0.638. The Hall–Kier alpha value is -1.91. The standard InChI is InChI=1S/C12H14N2O3/c15-11(16)8-10-2-1-7-14(10)12(17)9-3-5-13-6-4-9/h3-6,10H,1-2,7-8H2,(H,15,16). The van der Waals surface area contributed by atoms with Gasteiger partial charge in [-0.15, -0.1) is 0 Å². The molecule has 0 aliphatic carbocycles. The Morgan fingerprint density at radius 1 is 1.41 bits per heavy atom. The molecule has 1 unspecified atom stereocenters. The summed E-state index contributed by atoms with van der Waals surface area (Å²) < 4.78 is 0. The van der Waals surface area contributed by atoms with Crippen molar-refractivity contribution in [3.05, 3.63) is 30.1 Å². The molecule has 1 fully saturated rings. The average Bonchev–Trinajstić information content (AvgIpc) is 2.76. The fourth-order valence-electron chi connectivity index (χ4n) is 2.18. The first-order valence-corrected chi connectivity index (χ1v) is 5.61. The van der Waals surface area contributed by atoms with Crippen molar-refractivity contribution in [1.29, 1.82) is 0 Å². The van der Waals surface area contributed by atoms with Gasteiger partial charge in [0.1, 0.15) is 0 Å². The molecule has 1 aromatic heterocycles. The highest BCUT2D eigenvalue weighted by molar-refractivity contribution is 5.94. The van der Waals surface area contributed by atoms with Crippen LogP contribution in [0.4, 0.5) is 0 Å². The third-order valence-electron chi connectivity index (χ3n) is 2.98. The predicted octanol–water partition coefficient (Wildman–Crippen LogP) is 1.16. The normalized spacial score (nSPS) is 19.3. The van der Waals surface area contributed by atoms with Gasteiger partial charge in [-0.05, 0) is 25.0 Å². The van der Waals surface area contributed by atoms with Gasteiger partial charge in [-0.25, -0.2) is 0 Å². The minimum Gasteiger partial charge on any atom is -0.481 e. The van der Waals surface area contributed by atoms with Gasteiger partial charge in [0, 0.05) is 30.5 Å². The lowest BCUT2D eigenvalue weighted by Crippen LogP contribution is -2.36. The number of pyridine rings is 1. The van der Waals surface area contributed by atoms with Gasteiger partial charge in [0.05, 0.1) is 6.42 Å². The van der Waals surface area contributed by atoms with E-state index in [4.69, 9.17) is 5.11 Å². The molecule has 0 radical (unpaired) electrons. The van der Waals surface area contributed by atoms with Crippen molar-refractivity contribution in [1.82, 2.24) is 9.88 Å². The number of likely N-dealkylation sites (tertiary alicyclic amines) is 1. The van der Waals surface area contributed by atoms with E-state index in [2.05, 4.69) is 4.98 Å². The van der Waals surface area contributed by atoms with Gasteiger partial charge in [0.2, 0.25) is 0 Å². The molecule has 1 aliphatic rings. The summed E-state index contributed by atoms with van der Waals surface area (Å²) >= 11 is 0. The van der Waals surface area contributed by atoms with E-state index in [9.17, 15) is 9.59 Å².